The van der Waals surface area contributed by atoms with Gasteiger partial charge in [-0.15, -0.1) is 0 Å². The lowest BCUT2D eigenvalue weighted by Crippen LogP contribution is -1.97. The highest BCUT2D eigenvalue weighted by Gasteiger charge is 2.19. The Morgan fingerprint density at radius 1 is 0.846 bits per heavy atom. The van der Waals surface area contributed by atoms with Crippen LogP contribution in [0.4, 0.5) is 0 Å². The number of allylic oxidation sites excluding steroid dienone is 2. The fourth-order valence-corrected chi connectivity index (χ4v) is 2.19. The molecule has 0 N–H and O–H groups in total. The van der Waals surface area contributed by atoms with Crippen LogP contribution in [0.2, 0.25) is 0 Å². The van der Waals surface area contributed by atoms with Gasteiger partial charge in [-0.05, 0) is 37.8 Å². The fraction of sp³-hybridized carbons (Fsp3) is 0.333. The Morgan fingerprint density at radius 3 is 1.92 bits per heavy atom. The molecule has 0 bridgehead atoms. The molecule has 0 amide bonds. The molecule has 0 unspecified atom stereocenters. The second-order valence-corrected chi connectivity index (χ2v) is 3.67. The lowest BCUT2D eigenvalue weighted by atomic mass is 9.94. The van der Waals surface area contributed by atoms with Crippen LogP contribution in [-0.4, -0.2) is 0 Å². The van der Waals surface area contributed by atoms with E-state index in [-0.39, 0.29) is 0 Å². The summed E-state index contributed by atoms with van der Waals surface area (Å²) < 4.78 is 5.75. The third-order valence-corrected chi connectivity index (χ3v) is 2.84. The molecule has 2 aliphatic carbocycles. The molecule has 13 heavy (non-hydrogen) atoms. The number of hydrogen-bond donors (Lipinski definition) is 0. The van der Waals surface area contributed by atoms with E-state index in [1.54, 1.807) is 0 Å². The molecule has 1 heterocycles. The molecular weight excluding hydrogens is 160 g/mol. The van der Waals surface area contributed by atoms with Gasteiger partial charge in [0.15, 0.2) is 0 Å². The first-order valence-corrected chi connectivity index (χ1v) is 4.93. The molecule has 0 aliphatic heterocycles. The monoisotopic (exact) mass is 172 g/mol. The van der Waals surface area contributed by atoms with E-state index in [0.29, 0.717) is 0 Å². The van der Waals surface area contributed by atoms with Gasteiger partial charge >= 0.3 is 0 Å². The van der Waals surface area contributed by atoms with Crippen molar-refractivity contribution >= 4 is 12.2 Å². The Bertz CT molecular complexity index is 357. The van der Waals surface area contributed by atoms with Gasteiger partial charge in [-0.3, -0.25) is 0 Å². The van der Waals surface area contributed by atoms with Crippen LogP contribution in [0, 0.1) is 0 Å². The van der Waals surface area contributed by atoms with E-state index in [1.807, 2.05) is 0 Å². The van der Waals surface area contributed by atoms with Crippen LogP contribution in [0.15, 0.2) is 16.6 Å². The second-order valence-electron chi connectivity index (χ2n) is 3.67. The minimum atomic E-state index is 1.10. The first kappa shape index (κ1) is 7.19. The first-order valence-electron chi connectivity index (χ1n) is 4.93. The topological polar surface area (TPSA) is 13.1 Å². The number of hydrogen-bond acceptors (Lipinski definition) is 1. The molecule has 0 atom stereocenters. The summed E-state index contributed by atoms with van der Waals surface area (Å²) in [5.74, 6) is 2.20. The predicted molar refractivity (Wildman–Crippen MR) is 53.4 cm³/mol. The quantitative estimate of drug-likeness (QED) is 0.585. The summed E-state index contributed by atoms with van der Waals surface area (Å²) >= 11 is 0. The fourth-order valence-electron chi connectivity index (χ4n) is 2.19. The Hall–Kier alpha value is -1.24. The Labute approximate surface area is 77.8 Å². The number of rotatable bonds is 0. The SMILES string of the molecule is C1=Cc2oc3c(c2CC1)CCC=C3. The van der Waals surface area contributed by atoms with Crippen molar-refractivity contribution in [2.75, 3.05) is 0 Å². The molecule has 2 aliphatic rings. The van der Waals surface area contributed by atoms with Crippen molar-refractivity contribution < 1.29 is 4.42 Å². The Kier molecular flexibility index (Phi) is 1.45. The zero-order chi connectivity index (χ0) is 8.67. The molecule has 0 fully saturated rings. The van der Waals surface area contributed by atoms with Crippen molar-refractivity contribution in [1.82, 2.24) is 0 Å². The van der Waals surface area contributed by atoms with Gasteiger partial charge in [-0.1, -0.05) is 12.2 Å². The minimum absolute atomic E-state index is 1.10. The van der Waals surface area contributed by atoms with E-state index in [2.05, 4.69) is 24.3 Å². The summed E-state index contributed by atoms with van der Waals surface area (Å²) in [6, 6.07) is 0. The standard InChI is InChI=1S/C12H12O/c1-3-7-11-9(5-1)10-6-2-4-8-12(10)13-11/h3-4,7-8H,1-2,5-6H2. The highest BCUT2D eigenvalue weighted by Crippen LogP contribution is 2.32. The molecule has 1 aromatic heterocycles. The molecule has 0 spiro atoms. The van der Waals surface area contributed by atoms with Crippen molar-refractivity contribution in [1.29, 1.82) is 0 Å². The molecule has 1 heteroatoms. The van der Waals surface area contributed by atoms with Crippen molar-refractivity contribution in [3.8, 4) is 0 Å². The van der Waals surface area contributed by atoms with Crippen LogP contribution < -0.4 is 0 Å². The molecule has 3 rings (SSSR count). The summed E-state index contributed by atoms with van der Waals surface area (Å²) in [4.78, 5) is 0. The van der Waals surface area contributed by atoms with E-state index in [0.717, 1.165) is 11.5 Å². The van der Waals surface area contributed by atoms with E-state index in [4.69, 9.17) is 4.42 Å². The van der Waals surface area contributed by atoms with Gasteiger partial charge < -0.3 is 4.42 Å². The Morgan fingerprint density at radius 2 is 1.38 bits per heavy atom. The largest absolute Gasteiger partial charge is 0.457 e. The second kappa shape index (κ2) is 2.63. The molecule has 1 nitrogen and oxygen atoms in total. The summed E-state index contributed by atoms with van der Waals surface area (Å²) in [5, 5.41) is 0. The first-order chi connectivity index (χ1) is 6.45. The third kappa shape index (κ3) is 0.998. The zero-order valence-electron chi connectivity index (χ0n) is 7.55. The number of furan rings is 1. The van der Waals surface area contributed by atoms with Crippen LogP contribution in [-0.2, 0) is 12.8 Å². The van der Waals surface area contributed by atoms with Gasteiger partial charge in [-0.25, -0.2) is 0 Å². The van der Waals surface area contributed by atoms with Crippen LogP contribution >= 0.6 is 0 Å². The van der Waals surface area contributed by atoms with Gasteiger partial charge in [0.2, 0.25) is 0 Å². The van der Waals surface area contributed by atoms with Gasteiger partial charge in [0, 0.05) is 11.1 Å². The van der Waals surface area contributed by atoms with Crippen LogP contribution in [0.1, 0.15) is 35.5 Å². The average molecular weight is 172 g/mol. The van der Waals surface area contributed by atoms with E-state index in [9.17, 15) is 0 Å². The van der Waals surface area contributed by atoms with Crippen molar-refractivity contribution in [2.24, 2.45) is 0 Å². The maximum Gasteiger partial charge on any atom is 0.130 e. The van der Waals surface area contributed by atoms with E-state index >= 15 is 0 Å². The lowest BCUT2D eigenvalue weighted by Gasteiger charge is -2.07. The molecule has 0 saturated carbocycles. The molecule has 66 valence electrons. The number of fused-ring (bicyclic) bond motifs is 3. The predicted octanol–water partition coefficient (Wildman–Crippen LogP) is 3.20. The average Bonchev–Trinajstić information content (AvgIpc) is 2.56. The minimum Gasteiger partial charge on any atom is -0.457 e. The summed E-state index contributed by atoms with van der Waals surface area (Å²) in [6.07, 6.45) is 13.3. The molecule has 1 aromatic rings. The highest BCUT2D eigenvalue weighted by molar-refractivity contribution is 5.61. The summed E-state index contributed by atoms with van der Waals surface area (Å²) in [5.41, 5.74) is 2.92. The van der Waals surface area contributed by atoms with Crippen LogP contribution in [0.5, 0.6) is 0 Å². The van der Waals surface area contributed by atoms with Crippen molar-refractivity contribution in [2.45, 2.75) is 25.7 Å². The van der Waals surface area contributed by atoms with E-state index in [1.165, 1.54) is 36.8 Å². The van der Waals surface area contributed by atoms with Crippen LogP contribution in [0.25, 0.3) is 12.2 Å². The van der Waals surface area contributed by atoms with Gasteiger partial charge in [-0.2, -0.15) is 0 Å². The molecule has 0 aromatic carbocycles. The summed E-state index contributed by atoms with van der Waals surface area (Å²) in [7, 11) is 0. The van der Waals surface area contributed by atoms with Gasteiger partial charge in [0.05, 0.1) is 0 Å². The van der Waals surface area contributed by atoms with Crippen molar-refractivity contribution in [3.63, 3.8) is 0 Å². The highest BCUT2D eigenvalue weighted by atomic mass is 16.3. The third-order valence-electron chi connectivity index (χ3n) is 2.84. The van der Waals surface area contributed by atoms with E-state index < -0.39 is 0 Å². The molecule has 0 saturated heterocycles. The smallest absolute Gasteiger partial charge is 0.130 e. The van der Waals surface area contributed by atoms with Gasteiger partial charge in [0.1, 0.15) is 11.5 Å². The van der Waals surface area contributed by atoms with Gasteiger partial charge in [0.25, 0.3) is 0 Å². The maximum atomic E-state index is 5.75. The lowest BCUT2D eigenvalue weighted by molar-refractivity contribution is 0.537. The van der Waals surface area contributed by atoms with Crippen molar-refractivity contribution in [3.05, 3.63) is 34.8 Å². The maximum absolute atomic E-state index is 5.75. The molecule has 0 radical (unpaired) electrons. The summed E-state index contributed by atoms with van der Waals surface area (Å²) in [6.45, 7) is 0. The Balaban J connectivity index is 2.22. The normalized spacial score (nSPS) is 18.5. The van der Waals surface area contributed by atoms with Crippen LogP contribution in [0.3, 0.4) is 0 Å². The molecular formula is C12H12O. The zero-order valence-corrected chi connectivity index (χ0v) is 7.55.